The molecule has 1 aromatic rings. The number of hydrogen-bond donors (Lipinski definition) is 1. The van der Waals surface area contributed by atoms with Gasteiger partial charge in [-0.05, 0) is 6.92 Å². The molecule has 1 heterocycles. The first kappa shape index (κ1) is 13.7. The van der Waals surface area contributed by atoms with Crippen LogP contribution in [0.1, 0.15) is 20.8 Å². The van der Waals surface area contributed by atoms with Crippen LogP contribution in [0.3, 0.4) is 0 Å². The maximum atomic E-state index is 5.35. The SMILES string of the molecule is CCOc1cc(N(C)CCNC(C)C)ncn1. The van der Waals surface area contributed by atoms with Crippen LogP contribution in [-0.4, -0.2) is 42.8 Å². The molecule has 0 aliphatic heterocycles. The van der Waals surface area contributed by atoms with E-state index < -0.39 is 0 Å². The van der Waals surface area contributed by atoms with Crippen LogP contribution in [-0.2, 0) is 0 Å². The van der Waals surface area contributed by atoms with E-state index in [-0.39, 0.29) is 0 Å². The molecular weight excluding hydrogens is 216 g/mol. The summed E-state index contributed by atoms with van der Waals surface area (Å²) in [4.78, 5) is 10.4. The second-order valence-corrected chi connectivity index (χ2v) is 4.18. The van der Waals surface area contributed by atoms with Gasteiger partial charge in [-0.2, -0.15) is 0 Å². The Labute approximate surface area is 103 Å². The largest absolute Gasteiger partial charge is 0.478 e. The highest BCUT2D eigenvalue weighted by atomic mass is 16.5. The van der Waals surface area contributed by atoms with Crippen LogP contribution in [0.5, 0.6) is 5.88 Å². The Morgan fingerprint density at radius 1 is 1.41 bits per heavy atom. The average molecular weight is 238 g/mol. The van der Waals surface area contributed by atoms with E-state index in [1.165, 1.54) is 6.33 Å². The molecule has 0 unspecified atom stereocenters. The van der Waals surface area contributed by atoms with Crippen molar-refractivity contribution in [2.24, 2.45) is 0 Å². The molecule has 1 N–H and O–H groups in total. The second kappa shape index (κ2) is 7.06. The molecule has 0 aliphatic rings. The van der Waals surface area contributed by atoms with Gasteiger partial charge >= 0.3 is 0 Å². The van der Waals surface area contributed by atoms with Gasteiger partial charge in [0.05, 0.1) is 6.61 Å². The predicted octanol–water partition coefficient (Wildman–Crippen LogP) is 1.31. The summed E-state index contributed by atoms with van der Waals surface area (Å²) in [6.45, 7) is 8.67. The molecule has 0 fully saturated rings. The highest BCUT2D eigenvalue weighted by Crippen LogP contribution is 2.13. The van der Waals surface area contributed by atoms with Crippen LogP contribution in [0.25, 0.3) is 0 Å². The zero-order chi connectivity index (χ0) is 12.7. The highest BCUT2D eigenvalue weighted by molar-refractivity contribution is 5.39. The van der Waals surface area contributed by atoms with Crippen molar-refractivity contribution in [1.29, 1.82) is 0 Å². The zero-order valence-electron chi connectivity index (χ0n) is 11.1. The van der Waals surface area contributed by atoms with E-state index in [2.05, 4.69) is 34.0 Å². The van der Waals surface area contributed by atoms with Gasteiger partial charge in [-0.25, -0.2) is 9.97 Å². The standard InChI is InChI=1S/C12H22N4O/c1-5-17-12-8-11(14-9-15-12)16(4)7-6-13-10(2)3/h8-10,13H,5-7H2,1-4H3. The molecule has 0 radical (unpaired) electrons. The van der Waals surface area contributed by atoms with Gasteiger partial charge in [-0.3, -0.25) is 0 Å². The van der Waals surface area contributed by atoms with Gasteiger partial charge in [-0.1, -0.05) is 13.8 Å². The lowest BCUT2D eigenvalue weighted by Gasteiger charge is -2.19. The third-order valence-electron chi connectivity index (χ3n) is 2.31. The highest BCUT2D eigenvalue weighted by Gasteiger charge is 2.04. The van der Waals surface area contributed by atoms with Crippen LogP contribution in [0.4, 0.5) is 5.82 Å². The monoisotopic (exact) mass is 238 g/mol. The Balaban J connectivity index is 2.50. The fraction of sp³-hybridized carbons (Fsp3) is 0.667. The summed E-state index contributed by atoms with van der Waals surface area (Å²) in [6.07, 6.45) is 1.53. The van der Waals surface area contributed by atoms with Crippen molar-refractivity contribution >= 4 is 5.82 Å². The number of anilines is 1. The molecule has 0 amide bonds. The lowest BCUT2D eigenvalue weighted by molar-refractivity contribution is 0.326. The number of ether oxygens (including phenoxy) is 1. The average Bonchev–Trinajstić information content (AvgIpc) is 2.29. The fourth-order valence-corrected chi connectivity index (χ4v) is 1.40. The molecule has 1 rings (SSSR count). The molecule has 0 saturated heterocycles. The van der Waals surface area contributed by atoms with E-state index in [1.807, 2.05) is 20.0 Å². The maximum absolute atomic E-state index is 5.35. The first-order valence-corrected chi connectivity index (χ1v) is 6.02. The van der Waals surface area contributed by atoms with E-state index in [9.17, 15) is 0 Å². The van der Waals surface area contributed by atoms with Gasteiger partial charge in [0.25, 0.3) is 0 Å². The molecule has 5 heteroatoms. The number of hydrogen-bond acceptors (Lipinski definition) is 5. The Kier molecular flexibility index (Phi) is 5.69. The first-order valence-electron chi connectivity index (χ1n) is 6.02. The van der Waals surface area contributed by atoms with E-state index >= 15 is 0 Å². The van der Waals surface area contributed by atoms with Gasteiger partial charge in [-0.15, -0.1) is 0 Å². The topological polar surface area (TPSA) is 50.3 Å². The number of nitrogens with one attached hydrogen (secondary N) is 1. The third kappa shape index (κ3) is 4.99. The molecule has 1 aromatic heterocycles. The van der Waals surface area contributed by atoms with Crippen LogP contribution in [0.15, 0.2) is 12.4 Å². The van der Waals surface area contributed by atoms with E-state index in [4.69, 9.17) is 4.74 Å². The fourth-order valence-electron chi connectivity index (χ4n) is 1.40. The minimum absolute atomic E-state index is 0.507. The summed E-state index contributed by atoms with van der Waals surface area (Å²) in [5.41, 5.74) is 0. The molecule has 0 spiro atoms. The number of aromatic nitrogens is 2. The summed E-state index contributed by atoms with van der Waals surface area (Å²) < 4.78 is 5.35. The molecule has 17 heavy (non-hydrogen) atoms. The Morgan fingerprint density at radius 2 is 2.18 bits per heavy atom. The van der Waals surface area contributed by atoms with Crippen molar-refractivity contribution in [3.63, 3.8) is 0 Å². The first-order chi connectivity index (χ1) is 8.13. The minimum atomic E-state index is 0.507. The molecule has 0 bridgehead atoms. The predicted molar refractivity (Wildman–Crippen MR) is 69.6 cm³/mol. The van der Waals surface area contributed by atoms with Crippen molar-refractivity contribution in [2.45, 2.75) is 26.8 Å². The van der Waals surface area contributed by atoms with Gasteiger partial charge < -0.3 is 15.0 Å². The molecule has 96 valence electrons. The Bertz CT molecular complexity index is 330. The lowest BCUT2D eigenvalue weighted by atomic mass is 10.4. The van der Waals surface area contributed by atoms with E-state index in [1.54, 1.807) is 0 Å². The molecule has 0 atom stereocenters. The quantitative estimate of drug-likeness (QED) is 0.776. The van der Waals surface area contributed by atoms with Crippen molar-refractivity contribution in [3.8, 4) is 5.88 Å². The van der Waals surface area contributed by atoms with Gasteiger partial charge in [0, 0.05) is 32.2 Å². The van der Waals surface area contributed by atoms with Crippen molar-refractivity contribution in [2.75, 3.05) is 31.6 Å². The van der Waals surface area contributed by atoms with Crippen molar-refractivity contribution in [3.05, 3.63) is 12.4 Å². The molecule has 0 aromatic carbocycles. The second-order valence-electron chi connectivity index (χ2n) is 4.18. The summed E-state index contributed by atoms with van der Waals surface area (Å²) in [6, 6.07) is 2.37. The third-order valence-corrected chi connectivity index (χ3v) is 2.31. The zero-order valence-corrected chi connectivity index (χ0v) is 11.1. The van der Waals surface area contributed by atoms with Crippen LogP contribution < -0.4 is 15.0 Å². The summed E-state index contributed by atoms with van der Waals surface area (Å²) in [5, 5.41) is 3.37. The molecule has 0 aliphatic carbocycles. The van der Waals surface area contributed by atoms with Gasteiger partial charge in [0.15, 0.2) is 0 Å². The van der Waals surface area contributed by atoms with Crippen molar-refractivity contribution < 1.29 is 4.74 Å². The number of rotatable bonds is 7. The smallest absolute Gasteiger partial charge is 0.218 e. The molecule has 5 nitrogen and oxygen atoms in total. The van der Waals surface area contributed by atoms with E-state index in [0.29, 0.717) is 18.5 Å². The van der Waals surface area contributed by atoms with Crippen LogP contribution in [0.2, 0.25) is 0 Å². The maximum Gasteiger partial charge on any atom is 0.218 e. The van der Waals surface area contributed by atoms with Crippen molar-refractivity contribution in [1.82, 2.24) is 15.3 Å². The van der Waals surface area contributed by atoms with Crippen LogP contribution >= 0.6 is 0 Å². The van der Waals surface area contributed by atoms with Gasteiger partial charge in [0.1, 0.15) is 12.1 Å². The lowest BCUT2D eigenvalue weighted by Crippen LogP contribution is -2.33. The Hall–Kier alpha value is -1.36. The Morgan fingerprint density at radius 3 is 2.82 bits per heavy atom. The summed E-state index contributed by atoms with van der Waals surface area (Å²) in [5.74, 6) is 1.51. The van der Waals surface area contributed by atoms with Gasteiger partial charge in [0.2, 0.25) is 5.88 Å². The minimum Gasteiger partial charge on any atom is -0.478 e. The van der Waals surface area contributed by atoms with Crippen LogP contribution in [0, 0.1) is 0 Å². The van der Waals surface area contributed by atoms with E-state index in [0.717, 1.165) is 18.9 Å². The molecular formula is C12H22N4O. The molecule has 0 saturated carbocycles. The normalized spacial score (nSPS) is 10.6. The number of nitrogens with zero attached hydrogens (tertiary/aromatic N) is 3. The summed E-state index contributed by atoms with van der Waals surface area (Å²) in [7, 11) is 2.01. The number of likely N-dealkylation sites (N-methyl/N-ethyl adjacent to an activating group) is 1. The summed E-state index contributed by atoms with van der Waals surface area (Å²) >= 11 is 0.